The molecular weight excluding hydrogens is 242 g/mol. The SMILES string of the molecule is CCCCCCc1cn2c(OC)cc(OC)nc2n1. The van der Waals surface area contributed by atoms with Crippen molar-refractivity contribution >= 4 is 5.78 Å². The number of aromatic nitrogens is 3. The Bertz CT molecular complexity index is 537. The van der Waals surface area contributed by atoms with Gasteiger partial charge in [0.05, 0.1) is 26.0 Å². The summed E-state index contributed by atoms with van der Waals surface area (Å²) in [5, 5.41) is 0. The minimum Gasteiger partial charge on any atom is -0.482 e. The predicted molar refractivity (Wildman–Crippen MR) is 73.9 cm³/mol. The van der Waals surface area contributed by atoms with Crippen LogP contribution in [0.5, 0.6) is 11.8 Å². The maximum Gasteiger partial charge on any atom is 0.240 e. The van der Waals surface area contributed by atoms with Gasteiger partial charge in [0, 0.05) is 6.20 Å². The lowest BCUT2D eigenvalue weighted by Gasteiger charge is -2.04. The number of methoxy groups -OCH3 is 2. The number of nitrogens with zero attached hydrogens (tertiary/aromatic N) is 3. The lowest BCUT2D eigenvalue weighted by Crippen LogP contribution is -1.97. The van der Waals surface area contributed by atoms with E-state index in [1.165, 1.54) is 19.3 Å². The molecule has 5 heteroatoms. The summed E-state index contributed by atoms with van der Waals surface area (Å²) in [5.74, 6) is 1.84. The summed E-state index contributed by atoms with van der Waals surface area (Å²) in [6.45, 7) is 2.21. The molecule has 0 spiro atoms. The highest BCUT2D eigenvalue weighted by atomic mass is 16.5. The monoisotopic (exact) mass is 263 g/mol. The zero-order valence-electron chi connectivity index (χ0n) is 11.8. The van der Waals surface area contributed by atoms with Crippen LogP contribution in [0.15, 0.2) is 12.3 Å². The van der Waals surface area contributed by atoms with E-state index >= 15 is 0 Å². The number of imidazole rings is 1. The van der Waals surface area contributed by atoms with Gasteiger partial charge >= 0.3 is 0 Å². The minimum atomic E-state index is 0.521. The van der Waals surface area contributed by atoms with Crippen molar-refractivity contribution in [2.24, 2.45) is 0 Å². The standard InChI is InChI=1S/C14H21N3O2/c1-4-5-6-7-8-11-10-17-13(19-3)9-12(18-2)16-14(17)15-11/h9-10H,4-8H2,1-3H3. The molecule has 19 heavy (non-hydrogen) atoms. The topological polar surface area (TPSA) is 48.7 Å². The van der Waals surface area contributed by atoms with Crippen molar-refractivity contribution in [2.75, 3.05) is 14.2 Å². The van der Waals surface area contributed by atoms with Crippen LogP contribution in [0.4, 0.5) is 0 Å². The van der Waals surface area contributed by atoms with Gasteiger partial charge in [-0.1, -0.05) is 26.2 Å². The maximum absolute atomic E-state index is 5.33. The molecule has 2 rings (SSSR count). The van der Waals surface area contributed by atoms with Crippen molar-refractivity contribution in [2.45, 2.75) is 39.0 Å². The zero-order valence-corrected chi connectivity index (χ0v) is 11.8. The summed E-state index contributed by atoms with van der Waals surface area (Å²) >= 11 is 0. The molecule has 104 valence electrons. The van der Waals surface area contributed by atoms with E-state index in [1.807, 2.05) is 10.6 Å². The third kappa shape index (κ3) is 3.16. The summed E-state index contributed by atoms with van der Waals surface area (Å²) in [7, 11) is 3.22. The molecular formula is C14H21N3O2. The molecule has 0 unspecified atom stereocenters. The molecule has 0 aliphatic heterocycles. The Labute approximate surface area is 113 Å². The third-order valence-corrected chi connectivity index (χ3v) is 3.14. The maximum atomic E-state index is 5.33. The number of hydrogen-bond donors (Lipinski definition) is 0. The molecule has 0 fully saturated rings. The molecule has 0 amide bonds. The fraction of sp³-hybridized carbons (Fsp3) is 0.571. The van der Waals surface area contributed by atoms with Gasteiger partial charge in [-0.3, -0.25) is 4.40 Å². The molecule has 2 aromatic heterocycles. The lowest BCUT2D eigenvalue weighted by atomic mass is 10.1. The molecule has 5 nitrogen and oxygen atoms in total. The largest absolute Gasteiger partial charge is 0.482 e. The summed E-state index contributed by atoms with van der Waals surface area (Å²) in [6, 6.07) is 1.76. The first-order chi connectivity index (χ1) is 9.28. The van der Waals surface area contributed by atoms with Crippen LogP contribution in [0.3, 0.4) is 0 Å². The molecule has 0 radical (unpaired) electrons. The van der Waals surface area contributed by atoms with Crippen molar-refractivity contribution in [3.05, 3.63) is 18.0 Å². The molecule has 0 N–H and O–H groups in total. The Morgan fingerprint density at radius 3 is 2.63 bits per heavy atom. The normalized spacial score (nSPS) is 10.9. The average molecular weight is 263 g/mol. The Morgan fingerprint density at radius 1 is 1.11 bits per heavy atom. The van der Waals surface area contributed by atoms with Gasteiger partial charge in [-0.2, -0.15) is 4.98 Å². The van der Waals surface area contributed by atoms with Gasteiger partial charge in [0.1, 0.15) is 0 Å². The van der Waals surface area contributed by atoms with Crippen molar-refractivity contribution in [3.63, 3.8) is 0 Å². The number of fused-ring (bicyclic) bond motifs is 1. The van der Waals surface area contributed by atoms with E-state index in [9.17, 15) is 0 Å². The van der Waals surface area contributed by atoms with Crippen LogP contribution in [-0.2, 0) is 6.42 Å². The number of ether oxygens (including phenoxy) is 2. The first kappa shape index (κ1) is 13.6. The predicted octanol–water partition coefficient (Wildman–Crippen LogP) is 2.87. The van der Waals surface area contributed by atoms with Gasteiger partial charge in [-0.05, 0) is 12.8 Å². The Kier molecular flexibility index (Phi) is 4.60. The Balaban J connectivity index is 2.19. The van der Waals surface area contributed by atoms with Crippen molar-refractivity contribution in [3.8, 4) is 11.8 Å². The zero-order chi connectivity index (χ0) is 13.7. The molecule has 2 aromatic rings. The molecule has 0 saturated heterocycles. The second-order valence-corrected chi connectivity index (χ2v) is 4.55. The van der Waals surface area contributed by atoms with Crippen molar-refractivity contribution in [1.82, 2.24) is 14.4 Å². The highest BCUT2D eigenvalue weighted by Crippen LogP contribution is 2.20. The average Bonchev–Trinajstić information content (AvgIpc) is 2.85. The first-order valence-electron chi connectivity index (χ1n) is 6.75. The molecule has 0 aromatic carbocycles. The molecule has 0 aliphatic carbocycles. The smallest absolute Gasteiger partial charge is 0.240 e. The van der Waals surface area contributed by atoms with E-state index in [2.05, 4.69) is 16.9 Å². The van der Waals surface area contributed by atoms with Crippen LogP contribution in [0.1, 0.15) is 38.3 Å². The van der Waals surface area contributed by atoms with Crippen molar-refractivity contribution in [1.29, 1.82) is 0 Å². The molecule has 0 saturated carbocycles. The van der Waals surface area contributed by atoms with Gasteiger partial charge in [-0.15, -0.1) is 0 Å². The summed E-state index contributed by atoms with van der Waals surface area (Å²) in [4.78, 5) is 8.84. The fourth-order valence-corrected chi connectivity index (χ4v) is 2.08. The lowest BCUT2D eigenvalue weighted by molar-refractivity contribution is 0.369. The number of aryl methyl sites for hydroxylation is 1. The summed E-state index contributed by atoms with van der Waals surface area (Å²) < 4.78 is 12.3. The van der Waals surface area contributed by atoms with E-state index in [4.69, 9.17) is 9.47 Å². The van der Waals surface area contributed by atoms with Gasteiger partial charge in [-0.25, -0.2) is 4.98 Å². The van der Waals surface area contributed by atoms with Crippen LogP contribution >= 0.6 is 0 Å². The summed E-state index contributed by atoms with van der Waals surface area (Å²) in [5.41, 5.74) is 1.05. The number of unbranched alkanes of at least 4 members (excludes halogenated alkanes) is 3. The van der Waals surface area contributed by atoms with Crippen LogP contribution in [0, 0.1) is 0 Å². The molecule has 0 bridgehead atoms. The third-order valence-electron chi connectivity index (χ3n) is 3.14. The Hall–Kier alpha value is -1.78. The van der Waals surface area contributed by atoms with E-state index in [0.29, 0.717) is 17.5 Å². The van der Waals surface area contributed by atoms with Gasteiger partial charge in [0.2, 0.25) is 17.5 Å². The second kappa shape index (κ2) is 6.41. The van der Waals surface area contributed by atoms with Gasteiger partial charge in [0.15, 0.2) is 0 Å². The quantitative estimate of drug-likeness (QED) is 0.721. The highest BCUT2D eigenvalue weighted by molar-refractivity contribution is 5.39. The van der Waals surface area contributed by atoms with Crippen LogP contribution < -0.4 is 9.47 Å². The van der Waals surface area contributed by atoms with Crippen LogP contribution in [0.2, 0.25) is 0 Å². The minimum absolute atomic E-state index is 0.521. The van der Waals surface area contributed by atoms with Crippen LogP contribution in [-0.4, -0.2) is 28.6 Å². The second-order valence-electron chi connectivity index (χ2n) is 4.55. The van der Waals surface area contributed by atoms with E-state index in [1.54, 1.807) is 20.3 Å². The summed E-state index contributed by atoms with van der Waals surface area (Å²) in [6.07, 6.45) is 7.91. The van der Waals surface area contributed by atoms with Gasteiger partial charge < -0.3 is 9.47 Å². The number of rotatable bonds is 7. The van der Waals surface area contributed by atoms with E-state index in [-0.39, 0.29) is 0 Å². The highest BCUT2D eigenvalue weighted by Gasteiger charge is 2.09. The molecule has 0 aliphatic rings. The van der Waals surface area contributed by atoms with Gasteiger partial charge in [0.25, 0.3) is 0 Å². The first-order valence-corrected chi connectivity index (χ1v) is 6.75. The van der Waals surface area contributed by atoms with E-state index < -0.39 is 0 Å². The molecule has 2 heterocycles. The fourth-order valence-electron chi connectivity index (χ4n) is 2.08. The van der Waals surface area contributed by atoms with Crippen molar-refractivity contribution < 1.29 is 9.47 Å². The molecule has 0 atom stereocenters. The van der Waals surface area contributed by atoms with Crippen LogP contribution in [0.25, 0.3) is 5.78 Å². The Morgan fingerprint density at radius 2 is 1.95 bits per heavy atom. The van der Waals surface area contributed by atoms with E-state index in [0.717, 1.165) is 18.5 Å². The number of hydrogen-bond acceptors (Lipinski definition) is 4.